The Labute approximate surface area is 130 Å². The summed E-state index contributed by atoms with van der Waals surface area (Å²) in [6, 6.07) is 0. The third kappa shape index (κ3) is 4.45. The number of carbonyl (C=O) groups is 1. The molecule has 2 rings (SSSR count). The Balaban J connectivity index is 1.89. The second-order valence-corrected chi connectivity index (χ2v) is 8.58. The molecule has 1 amide bonds. The highest BCUT2D eigenvalue weighted by Gasteiger charge is 2.38. The van der Waals surface area contributed by atoms with Crippen LogP contribution >= 0.6 is 0 Å². The van der Waals surface area contributed by atoms with Gasteiger partial charge in [-0.1, -0.05) is 40.0 Å². The average Bonchev–Trinajstić information content (AvgIpc) is 2.45. The van der Waals surface area contributed by atoms with Crippen LogP contribution in [-0.4, -0.2) is 30.4 Å². The normalized spacial score (nSPS) is 24.1. The molecule has 0 radical (unpaired) electrons. The maximum Gasteiger partial charge on any atom is 0.226 e. The summed E-state index contributed by atoms with van der Waals surface area (Å²) >= 11 is 0. The van der Waals surface area contributed by atoms with E-state index in [-0.39, 0.29) is 11.3 Å². The lowest BCUT2D eigenvalue weighted by molar-refractivity contribution is -0.139. The molecule has 1 aliphatic heterocycles. The van der Waals surface area contributed by atoms with Crippen molar-refractivity contribution in [3.63, 3.8) is 0 Å². The van der Waals surface area contributed by atoms with E-state index < -0.39 is 0 Å². The van der Waals surface area contributed by atoms with Crippen molar-refractivity contribution in [3.8, 4) is 0 Å². The van der Waals surface area contributed by atoms with Crippen molar-refractivity contribution in [2.75, 3.05) is 19.6 Å². The number of nitrogens with zero attached hydrogens (tertiary/aromatic N) is 1. The van der Waals surface area contributed by atoms with Crippen LogP contribution in [0.4, 0.5) is 0 Å². The van der Waals surface area contributed by atoms with E-state index in [0.717, 1.165) is 19.5 Å². The maximum absolute atomic E-state index is 12.7. The summed E-state index contributed by atoms with van der Waals surface area (Å²) in [6.45, 7) is 8.97. The summed E-state index contributed by atoms with van der Waals surface area (Å²) in [7, 11) is 0. The second kappa shape index (κ2) is 6.68. The highest BCUT2D eigenvalue weighted by Crippen LogP contribution is 2.44. The van der Waals surface area contributed by atoms with Gasteiger partial charge in [-0.25, -0.2) is 0 Å². The minimum absolute atomic E-state index is 0.00501. The summed E-state index contributed by atoms with van der Waals surface area (Å²) in [5.41, 5.74) is 6.61. The van der Waals surface area contributed by atoms with E-state index >= 15 is 0 Å². The lowest BCUT2D eigenvalue weighted by atomic mass is 9.68. The standard InChI is InChI=1S/C18H34N2O/c1-17(2,3)13-15(14-19)16(21)20-11-9-18(10-12-20)7-5-4-6-8-18/h15H,4-14,19H2,1-3H3. The molecule has 122 valence electrons. The molecule has 1 unspecified atom stereocenters. The predicted molar refractivity (Wildman–Crippen MR) is 87.9 cm³/mol. The van der Waals surface area contributed by atoms with Gasteiger partial charge in [-0.15, -0.1) is 0 Å². The zero-order chi connectivity index (χ0) is 15.5. The minimum Gasteiger partial charge on any atom is -0.342 e. The van der Waals surface area contributed by atoms with Crippen molar-refractivity contribution in [2.24, 2.45) is 22.5 Å². The fraction of sp³-hybridized carbons (Fsp3) is 0.944. The quantitative estimate of drug-likeness (QED) is 0.865. The Hall–Kier alpha value is -0.570. The maximum atomic E-state index is 12.7. The van der Waals surface area contributed by atoms with Crippen molar-refractivity contribution >= 4 is 5.91 Å². The van der Waals surface area contributed by atoms with E-state index in [9.17, 15) is 4.79 Å². The van der Waals surface area contributed by atoms with Crippen molar-refractivity contribution in [1.29, 1.82) is 0 Å². The van der Waals surface area contributed by atoms with Gasteiger partial charge in [0.1, 0.15) is 0 Å². The molecule has 2 fully saturated rings. The number of likely N-dealkylation sites (tertiary alicyclic amines) is 1. The first-order valence-corrected chi connectivity index (χ1v) is 8.84. The Morgan fingerprint density at radius 2 is 1.67 bits per heavy atom. The third-order valence-electron chi connectivity index (χ3n) is 5.54. The molecular formula is C18H34N2O. The smallest absolute Gasteiger partial charge is 0.226 e. The molecule has 1 spiro atoms. The van der Waals surface area contributed by atoms with Crippen LogP contribution in [0.2, 0.25) is 0 Å². The van der Waals surface area contributed by atoms with Gasteiger partial charge in [-0.2, -0.15) is 0 Å². The number of hydrogen-bond acceptors (Lipinski definition) is 2. The van der Waals surface area contributed by atoms with Crippen LogP contribution in [0.3, 0.4) is 0 Å². The van der Waals surface area contributed by atoms with Crippen molar-refractivity contribution in [1.82, 2.24) is 4.90 Å². The monoisotopic (exact) mass is 294 g/mol. The van der Waals surface area contributed by atoms with Crippen LogP contribution in [0, 0.1) is 16.7 Å². The van der Waals surface area contributed by atoms with Gasteiger partial charge in [-0.05, 0) is 42.9 Å². The topological polar surface area (TPSA) is 46.3 Å². The summed E-state index contributed by atoms with van der Waals surface area (Å²) in [5.74, 6) is 0.309. The Kier molecular flexibility index (Phi) is 5.34. The van der Waals surface area contributed by atoms with Gasteiger partial charge < -0.3 is 10.6 Å². The molecule has 2 aliphatic rings. The van der Waals surface area contributed by atoms with E-state index in [1.807, 2.05) is 0 Å². The van der Waals surface area contributed by atoms with Crippen molar-refractivity contribution < 1.29 is 4.79 Å². The lowest BCUT2D eigenvalue weighted by Crippen LogP contribution is -2.47. The van der Waals surface area contributed by atoms with Crippen LogP contribution in [0.25, 0.3) is 0 Å². The molecule has 1 saturated heterocycles. The fourth-order valence-electron chi connectivity index (χ4n) is 4.27. The van der Waals surface area contributed by atoms with Crippen LogP contribution in [0.5, 0.6) is 0 Å². The third-order valence-corrected chi connectivity index (χ3v) is 5.54. The average molecular weight is 294 g/mol. The van der Waals surface area contributed by atoms with E-state index in [2.05, 4.69) is 25.7 Å². The second-order valence-electron chi connectivity index (χ2n) is 8.58. The number of amides is 1. The Morgan fingerprint density at radius 1 is 1.10 bits per heavy atom. The molecule has 21 heavy (non-hydrogen) atoms. The highest BCUT2D eigenvalue weighted by molar-refractivity contribution is 5.79. The zero-order valence-electron chi connectivity index (χ0n) is 14.3. The molecule has 0 bridgehead atoms. The number of hydrogen-bond donors (Lipinski definition) is 1. The highest BCUT2D eigenvalue weighted by atomic mass is 16.2. The molecular weight excluding hydrogens is 260 g/mol. The number of nitrogens with two attached hydrogens (primary N) is 1. The van der Waals surface area contributed by atoms with Crippen LogP contribution < -0.4 is 5.73 Å². The first-order valence-electron chi connectivity index (χ1n) is 8.84. The summed E-state index contributed by atoms with van der Waals surface area (Å²) in [4.78, 5) is 14.8. The Bertz CT molecular complexity index is 343. The van der Waals surface area contributed by atoms with E-state index in [4.69, 9.17) is 5.73 Å². The van der Waals surface area contributed by atoms with Crippen LogP contribution in [0.15, 0.2) is 0 Å². The molecule has 0 aromatic carbocycles. The largest absolute Gasteiger partial charge is 0.342 e. The number of carbonyl (C=O) groups excluding carboxylic acids is 1. The van der Waals surface area contributed by atoms with Crippen molar-refractivity contribution in [3.05, 3.63) is 0 Å². The minimum atomic E-state index is 0.00501. The molecule has 1 heterocycles. The summed E-state index contributed by atoms with van der Waals surface area (Å²) in [6.07, 6.45) is 10.3. The lowest BCUT2D eigenvalue weighted by Gasteiger charge is -2.45. The van der Waals surface area contributed by atoms with Gasteiger partial charge in [-0.3, -0.25) is 4.79 Å². The Morgan fingerprint density at radius 3 is 2.14 bits per heavy atom. The number of rotatable bonds is 3. The van der Waals surface area contributed by atoms with Crippen LogP contribution in [-0.2, 0) is 4.79 Å². The van der Waals surface area contributed by atoms with E-state index in [1.54, 1.807) is 0 Å². The first kappa shape index (κ1) is 16.8. The first-order chi connectivity index (χ1) is 9.85. The van der Waals surface area contributed by atoms with Gasteiger partial charge >= 0.3 is 0 Å². The van der Waals surface area contributed by atoms with Gasteiger partial charge in [0, 0.05) is 19.6 Å². The van der Waals surface area contributed by atoms with Gasteiger partial charge in [0.2, 0.25) is 5.91 Å². The molecule has 1 aliphatic carbocycles. The van der Waals surface area contributed by atoms with Gasteiger partial charge in [0.25, 0.3) is 0 Å². The summed E-state index contributed by atoms with van der Waals surface area (Å²) in [5, 5.41) is 0. The molecule has 1 saturated carbocycles. The van der Waals surface area contributed by atoms with Crippen LogP contribution in [0.1, 0.15) is 72.1 Å². The predicted octanol–water partition coefficient (Wildman–Crippen LogP) is 3.57. The summed E-state index contributed by atoms with van der Waals surface area (Å²) < 4.78 is 0. The zero-order valence-corrected chi connectivity index (χ0v) is 14.3. The molecule has 0 aromatic rings. The molecule has 0 aromatic heterocycles. The van der Waals surface area contributed by atoms with Gasteiger partial charge in [0.15, 0.2) is 0 Å². The SMILES string of the molecule is CC(C)(C)CC(CN)C(=O)N1CCC2(CCCCC2)CC1. The van der Waals surface area contributed by atoms with Gasteiger partial charge in [0.05, 0.1) is 5.92 Å². The van der Waals surface area contributed by atoms with Crippen molar-refractivity contribution in [2.45, 2.75) is 72.1 Å². The molecule has 3 nitrogen and oxygen atoms in total. The fourth-order valence-corrected chi connectivity index (χ4v) is 4.27. The number of piperidine rings is 1. The molecule has 2 N–H and O–H groups in total. The molecule has 1 atom stereocenters. The van der Waals surface area contributed by atoms with E-state index in [0.29, 0.717) is 17.9 Å². The molecule has 3 heteroatoms. The van der Waals surface area contributed by atoms with E-state index in [1.165, 1.54) is 44.9 Å².